The maximum atomic E-state index is 10.2. The van der Waals surface area contributed by atoms with E-state index in [0.29, 0.717) is 6.42 Å². The van der Waals surface area contributed by atoms with Crippen molar-refractivity contribution in [1.29, 1.82) is 0 Å². The molecular weight excluding hydrogens is 252 g/mol. The predicted octanol–water partition coefficient (Wildman–Crippen LogP) is 3.39. The molecule has 0 saturated carbocycles. The second-order valence-electron chi connectivity index (χ2n) is 2.48. The highest BCUT2D eigenvalue weighted by Gasteiger charge is 1.94. The molecule has 0 aliphatic heterocycles. The van der Waals surface area contributed by atoms with Gasteiger partial charge in [-0.15, -0.1) is 11.3 Å². The lowest BCUT2D eigenvalue weighted by atomic mass is 10.3. The molecule has 0 unspecified atom stereocenters. The molecular formula is C9H9BrO2S. The molecule has 0 amide bonds. The van der Waals surface area contributed by atoms with Gasteiger partial charge in [-0.2, -0.15) is 0 Å². The molecule has 1 rings (SSSR count). The Balaban J connectivity index is 2.36. The van der Waals surface area contributed by atoms with Crippen LogP contribution in [0.4, 0.5) is 0 Å². The van der Waals surface area contributed by atoms with Crippen LogP contribution >= 0.6 is 27.3 Å². The lowest BCUT2D eigenvalue weighted by Crippen LogP contribution is -1.91. The monoisotopic (exact) mass is 260 g/mol. The highest BCUT2D eigenvalue weighted by Crippen LogP contribution is 2.23. The second kappa shape index (κ2) is 5.19. The zero-order valence-corrected chi connectivity index (χ0v) is 9.27. The van der Waals surface area contributed by atoms with Crippen LogP contribution in [0.2, 0.25) is 0 Å². The smallest absolute Gasteiger partial charge is 0.303 e. The summed E-state index contributed by atoms with van der Waals surface area (Å²) >= 11 is 4.98. The Kier molecular flexibility index (Phi) is 4.18. The number of carboxylic acid groups (broad SMARTS) is 1. The van der Waals surface area contributed by atoms with E-state index < -0.39 is 5.97 Å². The summed E-state index contributed by atoms with van der Waals surface area (Å²) in [4.78, 5) is 11.3. The van der Waals surface area contributed by atoms with Crippen LogP contribution in [0, 0.1) is 0 Å². The molecule has 0 aromatic carbocycles. The molecule has 13 heavy (non-hydrogen) atoms. The molecule has 1 aromatic heterocycles. The Morgan fingerprint density at radius 2 is 2.38 bits per heavy atom. The molecule has 0 spiro atoms. The minimum Gasteiger partial charge on any atom is -0.481 e. The molecule has 0 bridgehead atoms. The first-order valence-electron chi connectivity index (χ1n) is 3.82. The van der Waals surface area contributed by atoms with Gasteiger partial charge in [0.25, 0.3) is 0 Å². The van der Waals surface area contributed by atoms with Crippen molar-refractivity contribution < 1.29 is 9.90 Å². The van der Waals surface area contributed by atoms with Crippen molar-refractivity contribution in [2.24, 2.45) is 0 Å². The number of carbonyl (C=O) groups is 1. The molecule has 0 fully saturated rings. The van der Waals surface area contributed by atoms with E-state index in [2.05, 4.69) is 15.9 Å². The van der Waals surface area contributed by atoms with Crippen LogP contribution < -0.4 is 0 Å². The summed E-state index contributed by atoms with van der Waals surface area (Å²) in [6.45, 7) is 0. The van der Waals surface area contributed by atoms with Crippen LogP contribution in [0.1, 0.15) is 17.7 Å². The molecule has 2 nitrogen and oxygen atoms in total. The van der Waals surface area contributed by atoms with E-state index in [1.54, 1.807) is 11.3 Å². The summed E-state index contributed by atoms with van der Waals surface area (Å²) in [5.74, 6) is -0.753. The molecule has 0 saturated heterocycles. The fourth-order valence-electron chi connectivity index (χ4n) is 0.824. The van der Waals surface area contributed by atoms with E-state index in [-0.39, 0.29) is 6.42 Å². The van der Waals surface area contributed by atoms with Gasteiger partial charge in [0.05, 0.1) is 3.79 Å². The predicted molar refractivity (Wildman–Crippen MR) is 57.9 cm³/mol. The molecule has 1 aromatic rings. The Bertz CT molecular complexity index is 317. The van der Waals surface area contributed by atoms with Crippen LogP contribution in [0.25, 0.3) is 6.08 Å². The first-order valence-corrected chi connectivity index (χ1v) is 5.43. The zero-order valence-electron chi connectivity index (χ0n) is 6.87. The molecule has 0 aliphatic rings. The maximum Gasteiger partial charge on any atom is 0.303 e. The average molecular weight is 261 g/mol. The largest absolute Gasteiger partial charge is 0.481 e. The van der Waals surface area contributed by atoms with Crippen LogP contribution in [0.5, 0.6) is 0 Å². The third-order valence-electron chi connectivity index (χ3n) is 1.40. The third-order valence-corrected chi connectivity index (χ3v) is 2.99. The molecule has 70 valence electrons. The van der Waals surface area contributed by atoms with Gasteiger partial charge in [-0.05, 0) is 40.6 Å². The fourth-order valence-corrected chi connectivity index (χ4v) is 2.18. The number of hydrogen-bond donors (Lipinski definition) is 1. The van der Waals surface area contributed by atoms with E-state index in [9.17, 15) is 4.79 Å². The molecule has 4 heteroatoms. The molecule has 1 heterocycles. The molecule has 1 N–H and O–H groups in total. The average Bonchev–Trinajstić information content (AvgIpc) is 2.45. The lowest BCUT2D eigenvalue weighted by molar-refractivity contribution is -0.136. The zero-order chi connectivity index (χ0) is 9.68. The van der Waals surface area contributed by atoms with Crippen molar-refractivity contribution in [2.45, 2.75) is 12.8 Å². The topological polar surface area (TPSA) is 37.3 Å². The standard InChI is InChI=1S/C9H9BrO2S/c10-8-6-5-7(13-8)3-1-2-4-9(11)12/h1,3,5-6H,2,4H2,(H,11,12)/b3-1+. The number of rotatable bonds is 4. The van der Waals surface area contributed by atoms with Gasteiger partial charge in [-0.25, -0.2) is 0 Å². The van der Waals surface area contributed by atoms with Gasteiger partial charge in [0, 0.05) is 11.3 Å². The number of hydrogen-bond acceptors (Lipinski definition) is 2. The number of aliphatic carboxylic acids is 1. The fraction of sp³-hybridized carbons (Fsp3) is 0.222. The summed E-state index contributed by atoms with van der Waals surface area (Å²) in [6, 6.07) is 3.97. The van der Waals surface area contributed by atoms with Crippen LogP contribution in [0.15, 0.2) is 22.0 Å². The molecule has 0 radical (unpaired) electrons. The number of carboxylic acids is 1. The molecule has 0 aliphatic carbocycles. The minimum absolute atomic E-state index is 0.197. The van der Waals surface area contributed by atoms with E-state index in [1.165, 1.54) is 0 Å². The highest BCUT2D eigenvalue weighted by molar-refractivity contribution is 9.11. The van der Waals surface area contributed by atoms with Crippen molar-refractivity contribution in [3.63, 3.8) is 0 Å². The highest BCUT2D eigenvalue weighted by atomic mass is 79.9. The van der Waals surface area contributed by atoms with Gasteiger partial charge < -0.3 is 5.11 Å². The van der Waals surface area contributed by atoms with Crippen LogP contribution in [-0.2, 0) is 4.79 Å². The van der Waals surface area contributed by atoms with Crippen molar-refractivity contribution in [1.82, 2.24) is 0 Å². The van der Waals surface area contributed by atoms with E-state index >= 15 is 0 Å². The number of thiophene rings is 1. The van der Waals surface area contributed by atoms with E-state index in [4.69, 9.17) is 5.11 Å². The Hall–Kier alpha value is -0.610. The van der Waals surface area contributed by atoms with Gasteiger partial charge in [-0.1, -0.05) is 6.08 Å². The Morgan fingerprint density at radius 1 is 1.62 bits per heavy atom. The number of halogens is 1. The Morgan fingerprint density at radius 3 is 2.92 bits per heavy atom. The van der Waals surface area contributed by atoms with Crippen molar-refractivity contribution in [2.75, 3.05) is 0 Å². The quantitative estimate of drug-likeness (QED) is 0.901. The van der Waals surface area contributed by atoms with E-state index in [0.717, 1.165) is 8.66 Å². The Labute approximate surface area is 89.0 Å². The normalized spacial score (nSPS) is 10.8. The SMILES string of the molecule is O=C(O)CC/C=C/c1ccc(Br)s1. The summed E-state index contributed by atoms with van der Waals surface area (Å²) in [7, 11) is 0. The van der Waals surface area contributed by atoms with Crippen LogP contribution in [-0.4, -0.2) is 11.1 Å². The number of allylic oxidation sites excluding steroid dienone is 1. The lowest BCUT2D eigenvalue weighted by Gasteiger charge is -1.86. The maximum absolute atomic E-state index is 10.2. The van der Waals surface area contributed by atoms with Gasteiger partial charge in [0.15, 0.2) is 0 Å². The van der Waals surface area contributed by atoms with Gasteiger partial charge in [-0.3, -0.25) is 4.79 Å². The summed E-state index contributed by atoms with van der Waals surface area (Å²) in [6.07, 6.45) is 4.61. The first kappa shape index (κ1) is 10.5. The summed E-state index contributed by atoms with van der Waals surface area (Å²) in [5, 5.41) is 8.38. The second-order valence-corrected chi connectivity index (χ2v) is 4.97. The first-order chi connectivity index (χ1) is 6.18. The summed E-state index contributed by atoms with van der Waals surface area (Å²) in [5.41, 5.74) is 0. The van der Waals surface area contributed by atoms with Gasteiger partial charge >= 0.3 is 5.97 Å². The molecule has 0 atom stereocenters. The van der Waals surface area contributed by atoms with Crippen molar-refractivity contribution >= 4 is 39.3 Å². The van der Waals surface area contributed by atoms with Gasteiger partial charge in [0.1, 0.15) is 0 Å². The van der Waals surface area contributed by atoms with Crippen molar-refractivity contribution in [3.05, 3.63) is 26.9 Å². The summed E-state index contributed by atoms with van der Waals surface area (Å²) < 4.78 is 1.09. The van der Waals surface area contributed by atoms with Gasteiger partial charge in [0.2, 0.25) is 0 Å². The third kappa shape index (κ3) is 4.24. The minimum atomic E-state index is -0.753. The van der Waals surface area contributed by atoms with Crippen LogP contribution in [0.3, 0.4) is 0 Å². The van der Waals surface area contributed by atoms with E-state index in [1.807, 2.05) is 24.3 Å². The van der Waals surface area contributed by atoms with Crippen molar-refractivity contribution in [3.8, 4) is 0 Å².